The highest BCUT2D eigenvalue weighted by molar-refractivity contribution is 8.00. The molecular weight excluding hydrogens is 298 g/mol. The SMILES string of the molecule is CCCC(Sc1nc(CC)cc(=O)n1C)C(=O)N1CCCC1. The van der Waals surface area contributed by atoms with Gasteiger partial charge in [-0.25, -0.2) is 4.98 Å². The van der Waals surface area contributed by atoms with Crippen molar-refractivity contribution in [2.75, 3.05) is 13.1 Å². The van der Waals surface area contributed by atoms with Gasteiger partial charge in [0, 0.05) is 31.9 Å². The molecule has 0 bridgehead atoms. The molecule has 5 nitrogen and oxygen atoms in total. The Labute approximate surface area is 136 Å². The Bertz CT molecular complexity index is 579. The zero-order valence-corrected chi connectivity index (χ0v) is 14.5. The van der Waals surface area contributed by atoms with Crippen LogP contribution in [0.15, 0.2) is 16.0 Å². The smallest absolute Gasteiger partial charge is 0.254 e. The predicted molar refractivity (Wildman–Crippen MR) is 89.2 cm³/mol. The van der Waals surface area contributed by atoms with E-state index in [1.165, 1.54) is 11.8 Å². The van der Waals surface area contributed by atoms with E-state index in [1.807, 2.05) is 11.8 Å². The number of hydrogen-bond acceptors (Lipinski definition) is 4. The largest absolute Gasteiger partial charge is 0.342 e. The maximum atomic E-state index is 12.7. The minimum Gasteiger partial charge on any atom is -0.342 e. The highest BCUT2D eigenvalue weighted by atomic mass is 32.2. The zero-order valence-electron chi connectivity index (χ0n) is 13.7. The van der Waals surface area contributed by atoms with Crippen LogP contribution < -0.4 is 5.56 Å². The van der Waals surface area contributed by atoms with Crippen molar-refractivity contribution in [3.8, 4) is 0 Å². The van der Waals surface area contributed by atoms with Gasteiger partial charge in [0.15, 0.2) is 5.16 Å². The summed E-state index contributed by atoms with van der Waals surface area (Å²) in [7, 11) is 1.72. The molecule has 0 saturated carbocycles. The monoisotopic (exact) mass is 323 g/mol. The summed E-state index contributed by atoms with van der Waals surface area (Å²) in [5.41, 5.74) is 0.729. The van der Waals surface area contributed by atoms with Crippen molar-refractivity contribution in [1.29, 1.82) is 0 Å². The summed E-state index contributed by atoms with van der Waals surface area (Å²) < 4.78 is 1.55. The van der Waals surface area contributed by atoms with Crippen LogP contribution in [0.3, 0.4) is 0 Å². The van der Waals surface area contributed by atoms with E-state index in [1.54, 1.807) is 17.7 Å². The maximum Gasteiger partial charge on any atom is 0.254 e. The van der Waals surface area contributed by atoms with Crippen molar-refractivity contribution in [3.05, 3.63) is 22.1 Å². The first kappa shape index (κ1) is 17.1. The summed E-state index contributed by atoms with van der Waals surface area (Å²) in [6, 6.07) is 1.57. The molecule has 22 heavy (non-hydrogen) atoms. The van der Waals surface area contributed by atoms with E-state index in [0.717, 1.165) is 50.9 Å². The van der Waals surface area contributed by atoms with Gasteiger partial charge in [-0.3, -0.25) is 14.2 Å². The van der Waals surface area contributed by atoms with Gasteiger partial charge in [-0.15, -0.1) is 0 Å². The molecule has 1 aliphatic heterocycles. The molecule has 1 aromatic rings. The van der Waals surface area contributed by atoms with Crippen LogP contribution >= 0.6 is 11.8 Å². The van der Waals surface area contributed by atoms with Crippen LogP contribution in [-0.2, 0) is 18.3 Å². The van der Waals surface area contributed by atoms with Crippen molar-refractivity contribution in [2.45, 2.75) is 56.4 Å². The second kappa shape index (κ2) is 7.81. The molecule has 0 radical (unpaired) electrons. The van der Waals surface area contributed by atoms with Crippen LogP contribution in [0.4, 0.5) is 0 Å². The molecule has 1 fully saturated rings. The summed E-state index contributed by atoms with van der Waals surface area (Å²) in [5.74, 6) is 0.195. The number of nitrogens with zero attached hydrogens (tertiary/aromatic N) is 3. The lowest BCUT2D eigenvalue weighted by atomic mass is 10.2. The van der Waals surface area contributed by atoms with Crippen molar-refractivity contribution < 1.29 is 4.79 Å². The Morgan fingerprint density at radius 2 is 2.05 bits per heavy atom. The molecule has 1 unspecified atom stereocenters. The van der Waals surface area contributed by atoms with Gasteiger partial charge in [0.05, 0.1) is 5.25 Å². The van der Waals surface area contributed by atoms with E-state index in [0.29, 0.717) is 5.16 Å². The van der Waals surface area contributed by atoms with Crippen LogP contribution in [0.1, 0.15) is 45.2 Å². The van der Waals surface area contributed by atoms with E-state index < -0.39 is 0 Å². The average molecular weight is 323 g/mol. The number of aryl methyl sites for hydroxylation is 1. The van der Waals surface area contributed by atoms with E-state index >= 15 is 0 Å². The second-order valence-electron chi connectivity index (χ2n) is 5.71. The van der Waals surface area contributed by atoms with Gasteiger partial charge in [-0.1, -0.05) is 32.0 Å². The Morgan fingerprint density at radius 3 is 2.64 bits per heavy atom. The van der Waals surface area contributed by atoms with Gasteiger partial charge in [0.25, 0.3) is 5.56 Å². The lowest BCUT2D eigenvalue weighted by Crippen LogP contribution is -2.36. The fraction of sp³-hybridized carbons (Fsp3) is 0.688. The molecule has 1 saturated heterocycles. The predicted octanol–water partition coefficient (Wildman–Crippen LogP) is 2.23. The molecule has 0 aromatic carbocycles. The minimum atomic E-state index is -0.145. The van der Waals surface area contributed by atoms with Gasteiger partial charge < -0.3 is 4.90 Å². The van der Waals surface area contributed by atoms with Crippen molar-refractivity contribution in [2.24, 2.45) is 7.05 Å². The molecule has 1 aromatic heterocycles. The molecule has 1 aliphatic rings. The number of thioether (sulfide) groups is 1. The molecule has 2 heterocycles. The Balaban J connectivity index is 2.22. The second-order valence-corrected chi connectivity index (χ2v) is 6.88. The Morgan fingerprint density at radius 1 is 1.36 bits per heavy atom. The molecule has 0 N–H and O–H groups in total. The lowest BCUT2D eigenvalue weighted by Gasteiger charge is -2.22. The normalized spacial score (nSPS) is 16.0. The molecule has 6 heteroatoms. The molecule has 1 amide bonds. The number of carbonyl (C=O) groups is 1. The van der Waals surface area contributed by atoms with Crippen LogP contribution in [-0.4, -0.2) is 38.7 Å². The van der Waals surface area contributed by atoms with Crippen LogP contribution in [0.2, 0.25) is 0 Å². The molecule has 122 valence electrons. The maximum absolute atomic E-state index is 12.7. The van der Waals surface area contributed by atoms with Crippen molar-refractivity contribution in [3.63, 3.8) is 0 Å². The van der Waals surface area contributed by atoms with Gasteiger partial charge in [-0.05, 0) is 25.7 Å². The first-order valence-corrected chi connectivity index (χ1v) is 8.97. The Hall–Kier alpha value is -1.30. The summed E-state index contributed by atoms with van der Waals surface area (Å²) in [4.78, 5) is 31.2. The highest BCUT2D eigenvalue weighted by Crippen LogP contribution is 2.27. The zero-order chi connectivity index (χ0) is 16.1. The van der Waals surface area contributed by atoms with E-state index in [-0.39, 0.29) is 16.7 Å². The van der Waals surface area contributed by atoms with Crippen molar-refractivity contribution in [1.82, 2.24) is 14.5 Å². The number of amides is 1. The number of aromatic nitrogens is 2. The molecule has 2 rings (SSSR count). The summed E-state index contributed by atoms with van der Waals surface area (Å²) >= 11 is 1.44. The quantitative estimate of drug-likeness (QED) is 0.595. The standard InChI is InChI=1S/C16H25N3O2S/c1-4-8-13(15(21)19-9-6-7-10-19)22-16-17-12(5-2)11-14(20)18(16)3/h11,13H,4-10H2,1-3H3. The summed E-state index contributed by atoms with van der Waals surface area (Å²) in [5, 5.41) is 0.503. The van der Waals surface area contributed by atoms with E-state index in [9.17, 15) is 9.59 Å². The van der Waals surface area contributed by atoms with Gasteiger partial charge in [0.2, 0.25) is 5.91 Å². The topological polar surface area (TPSA) is 55.2 Å². The molecule has 0 spiro atoms. The average Bonchev–Trinajstić information content (AvgIpc) is 3.04. The fourth-order valence-corrected chi connectivity index (χ4v) is 3.89. The first-order chi connectivity index (χ1) is 10.6. The minimum absolute atomic E-state index is 0.0572. The third-order valence-corrected chi connectivity index (χ3v) is 5.30. The number of carbonyl (C=O) groups excluding carboxylic acids is 1. The third kappa shape index (κ3) is 3.91. The number of rotatable bonds is 6. The van der Waals surface area contributed by atoms with Crippen LogP contribution in [0.25, 0.3) is 0 Å². The van der Waals surface area contributed by atoms with E-state index in [2.05, 4.69) is 11.9 Å². The van der Waals surface area contributed by atoms with Gasteiger partial charge in [-0.2, -0.15) is 0 Å². The van der Waals surface area contributed by atoms with Gasteiger partial charge >= 0.3 is 0 Å². The fourth-order valence-electron chi connectivity index (χ4n) is 2.61. The van der Waals surface area contributed by atoms with Crippen LogP contribution in [0, 0.1) is 0 Å². The Kier molecular flexibility index (Phi) is 6.06. The molecular formula is C16H25N3O2S. The summed E-state index contributed by atoms with van der Waals surface area (Å²) in [6.45, 7) is 5.79. The lowest BCUT2D eigenvalue weighted by molar-refractivity contribution is -0.129. The highest BCUT2D eigenvalue weighted by Gasteiger charge is 2.27. The molecule has 1 atom stereocenters. The summed E-state index contributed by atoms with van der Waals surface area (Å²) in [6.07, 6.45) is 4.67. The van der Waals surface area contributed by atoms with Crippen molar-refractivity contribution >= 4 is 17.7 Å². The number of likely N-dealkylation sites (tertiary alicyclic amines) is 1. The number of hydrogen-bond donors (Lipinski definition) is 0. The molecule has 0 aliphatic carbocycles. The van der Waals surface area contributed by atoms with Gasteiger partial charge in [0.1, 0.15) is 0 Å². The first-order valence-electron chi connectivity index (χ1n) is 8.09. The van der Waals surface area contributed by atoms with Crippen LogP contribution in [0.5, 0.6) is 0 Å². The van der Waals surface area contributed by atoms with E-state index in [4.69, 9.17) is 0 Å². The third-order valence-electron chi connectivity index (χ3n) is 4.00.